The van der Waals surface area contributed by atoms with Gasteiger partial charge in [0.25, 0.3) is 0 Å². The highest BCUT2D eigenvalue weighted by atomic mass is 16.5. The van der Waals surface area contributed by atoms with Crippen LogP contribution in [0.25, 0.3) is 0 Å². The number of hydrogen-bond donors (Lipinski definition) is 1. The largest absolute Gasteiger partial charge is 0.497 e. The monoisotopic (exact) mass is 281 g/mol. The molecule has 0 spiro atoms. The molecule has 6 nitrogen and oxygen atoms in total. The molecule has 20 heavy (non-hydrogen) atoms. The summed E-state index contributed by atoms with van der Waals surface area (Å²) < 4.78 is 10.4. The molecule has 1 unspecified atom stereocenters. The standard InChI is InChI=1S/C14H19NO5/c1-10(14(17)18)15(2)13(16)8-9-20-12-6-4-11(19-3)5-7-12/h4-7,10H,8-9H2,1-3H3,(H,17,18). The van der Waals surface area contributed by atoms with Gasteiger partial charge in [-0.15, -0.1) is 0 Å². The highest BCUT2D eigenvalue weighted by molar-refractivity contribution is 5.83. The second-order valence-corrected chi connectivity index (χ2v) is 4.29. The number of carboxylic acids is 1. The summed E-state index contributed by atoms with van der Waals surface area (Å²) in [4.78, 5) is 23.7. The van der Waals surface area contributed by atoms with Crippen LogP contribution in [0.4, 0.5) is 0 Å². The third-order valence-electron chi connectivity index (χ3n) is 2.98. The number of amides is 1. The molecule has 1 rings (SSSR count). The molecule has 0 aromatic heterocycles. The minimum atomic E-state index is -1.03. The van der Waals surface area contributed by atoms with Gasteiger partial charge in [-0.2, -0.15) is 0 Å². The van der Waals surface area contributed by atoms with Gasteiger partial charge >= 0.3 is 5.97 Å². The Hall–Kier alpha value is -2.24. The predicted octanol–water partition coefficient (Wildman–Crippen LogP) is 1.40. The van der Waals surface area contributed by atoms with E-state index in [2.05, 4.69) is 0 Å². The Morgan fingerprint density at radius 1 is 1.25 bits per heavy atom. The van der Waals surface area contributed by atoms with Crippen LogP contribution in [0.15, 0.2) is 24.3 Å². The van der Waals surface area contributed by atoms with Gasteiger partial charge in [0.2, 0.25) is 5.91 Å². The van der Waals surface area contributed by atoms with Gasteiger partial charge in [-0.05, 0) is 31.2 Å². The summed E-state index contributed by atoms with van der Waals surface area (Å²) in [5.41, 5.74) is 0. The van der Waals surface area contributed by atoms with Crippen LogP contribution in [0.1, 0.15) is 13.3 Å². The van der Waals surface area contributed by atoms with E-state index in [0.29, 0.717) is 5.75 Å². The Morgan fingerprint density at radius 2 is 1.80 bits per heavy atom. The molecule has 0 aliphatic carbocycles. The van der Waals surface area contributed by atoms with Crippen LogP contribution >= 0.6 is 0 Å². The summed E-state index contributed by atoms with van der Waals surface area (Å²) in [6, 6.07) is 6.16. The van der Waals surface area contributed by atoms with Crippen molar-refractivity contribution in [2.75, 3.05) is 20.8 Å². The highest BCUT2D eigenvalue weighted by Gasteiger charge is 2.21. The fourth-order valence-corrected chi connectivity index (χ4v) is 1.49. The van der Waals surface area contributed by atoms with Crippen molar-refractivity contribution in [3.63, 3.8) is 0 Å². The van der Waals surface area contributed by atoms with Crippen molar-refractivity contribution in [1.82, 2.24) is 4.90 Å². The first-order valence-corrected chi connectivity index (χ1v) is 6.21. The summed E-state index contributed by atoms with van der Waals surface area (Å²) in [6.07, 6.45) is 0.125. The number of carbonyl (C=O) groups excluding carboxylic acids is 1. The zero-order chi connectivity index (χ0) is 15.1. The number of carboxylic acid groups (broad SMARTS) is 1. The van der Waals surface area contributed by atoms with Gasteiger partial charge in [0.1, 0.15) is 17.5 Å². The van der Waals surface area contributed by atoms with Gasteiger partial charge in [0, 0.05) is 7.05 Å². The zero-order valence-electron chi connectivity index (χ0n) is 11.8. The van der Waals surface area contributed by atoms with E-state index < -0.39 is 12.0 Å². The maximum Gasteiger partial charge on any atom is 0.326 e. The zero-order valence-corrected chi connectivity index (χ0v) is 11.8. The van der Waals surface area contributed by atoms with Gasteiger partial charge in [-0.3, -0.25) is 4.79 Å². The summed E-state index contributed by atoms with van der Waals surface area (Å²) in [7, 11) is 3.04. The van der Waals surface area contributed by atoms with Gasteiger partial charge in [-0.25, -0.2) is 4.79 Å². The maximum absolute atomic E-state index is 11.7. The van der Waals surface area contributed by atoms with Gasteiger partial charge in [0.05, 0.1) is 20.1 Å². The summed E-state index contributed by atoms with van der Waals surface area (Å²) in [5, 5.41) is 8.82. The Balaban J connectivity index is 2.39. The molecule has 0 fully saturated rings. The van der Waals surface area contributed by atoms with E-state index in [-0.39, 0.29) is 18.9 Å². The molecule has 0 saturated carbocycles. The van der Waals surface area contributed by atoms with Crippen molar-refractivity contribution in [3.05, 3.63) is 24.3 Å². The number of methoxy groups -OCH3 is 1. The molecule has 1 atom stereocenters. The number of carbonyl (C=O) groups is 2. The number of nitrogens with zero attached hydrogens (tertiary/aromatic N) is 1. The lowest BCUT2D eigenvalue weighted by atomic mass is 10.2. The van der Waals surface area contributed by atoms with E-state index in [9.17, 15) is 9.59 Å². The molecule has 0 radical (unpaired) electrons. The molecule has 1 aromatic rings. The number of rotatable bonds is 7. The average molecular weight is 281 g/mol. The number of hydrogen-bond acceptors (Lipinski definition) is 4. The molecule has 6 heteroatoms. The van der Waals surface area contributed by atoms with Crippen molar-refractivity contribution >= 4 is 11.9 Å². The lowest BCUT2D eigenvalue weighted by Gasteiger charge is -2.21. The average Bonchev–Trinajstić information content (AvgIpc) is 2.46. The van der Waals surface area contributed by atoms with Crippen LogP contribution in [0.3, 0.4) is 0 Å². The van der Waals surface area contributed by atoms with E-state index in [1.165, 1.54) is 18.9 Å². The SMILES string of the molecule is COc1ccc(OCCC(=O)N(C)C(C)C(=O)O)cc1. The fraction of sp³-hybridized carbons (Fsp3) is 0.429. The Kier molecular flexibility index (Phi) is 5.83. The van der Waals surface area contributed by atoms with E-state index in [1.807, 2.05) is 0 Å². The lowest BCUT2D eigenvalue weighted by Crippen LogP contribution is -2.40. The van der Waals surface area contributed by atoms with Crippen LogP contribution in [0.2, 0.25) is 0 Å². The number of aliphatic carboxylic acids is 1. The second-order valence-electron chi connectivity index (χ2n) is 4.29. The lowest BCUT2D eigenvalue weighted by molar-refractivity contribution is -0.148. The maximum atomic E-state index is 11.7. The summed E-state index contributed by atoms with van der Waals surface area (Å²) in [5.74, 6) is 0.0568. The molecule has 1 aromatic carbocycles. The van der Waals surface area contributed by atoms with Crippen LogP contribution in [-0.4, -0.2) is 48.7 Å². The first-order valence-electron chi connectivity index (χ1n) is 6.21. The molecular formula is C14H19NO5. The quantitative estimate of drug-likeness (QED) is 0.817. The Morgan fingerprint density at radius 3 is 2.30 bits per heavy atom. The van der Waals surface area contributed by atoms with E-state index >= 15 is 0 Å². The van der Waals surface area contributed by atoms with Crippen molar-refractivity contribution in [2.24, 2.45) is 0 Å². The molecule has 0 bridgehead atoms. The summed E-state index contributed by atoms with van der Waals surface area (Å²) >= 11 is 0. The van der Waals surface area contributed by atoms with E-state index in [0.717, 1.165) is 5.75 Å². The van der Waals surface area contributed by atoms with Gasteiger partial charge in [0.15, 0.2) is 0 Å². The Bertz CT molecular complexity index is 457. The minimum absolute atomic E-state index is 0.125. The van der Waals surface area contributed by atoms with Crippen molar-refractivity contribution < 1.29 is 24.2 Å². The molecule has 1 N–H and O–H groups in total. The van der Waals surface area contributed by atoms with Crippen LogP contribution < -0.4 is 9.47 Å². The van der Waals surface area contributed by atoms with E-state index in [4.69, 9.17) is 14.6 Å². The minimum Gasteiger partial charge on any atom is -0.497 e. The Labute approximate surface area is 117 Å². The van der Waals surface area contributed by atoms with Crippen molar-refractivity contribution in [1.29, 1.82) is 0 Å². The van der Waals surface area contributed by atoms with Crippen molar-refractivity contribution in [3.8, 4) is 11.5 Å². The molecule has 0 saturated heterocycles. The highest BCUT2D eigenvalue weighted by Crippen LogP contribution is 2.17. The van der Waals surface area contributed by atoms with Crippen LogP contribution in [-0.2, 0) is 9.59 Å². The third-order valence-corrected chi connectivity index (χ3v) is 2.98. The number of ether oxygens (including phenoxy) is 2. The predicted molar refractivity (Wildman–Crippen MR) is 73.0 cm³/mol. The second kappa shape index (κ2) is 7.37. The number of likely N-dealkylation sites (N-methyl/N-ethyl adjacent to an activating group) is 1. The first kappa shape index (κ1) is 15.8. The molecule has 0 aliphatic heterocycles. The summed E-state index contributed by atoms with van der Waals surface area (Å²) in [6.45, 7) is 1.66. The van der Waals surface area contributed by atoms with E-state index in [1.54, 1.807) is 31.4 Å². The normalized spacial score (nSPS) is 11.6. The fourth-order valence-electron chi connectivity index (χ4n) is 1.49. The first-order chi connectivity index (χ1) is 9.45. The van der Waals surface area contributed by atoms with Gasteiger partial charge in [-0.1, -0.05) is 0 Å². The van der Waals surface area contributed by atoms with Crippen LogP contribution in [0, 0.1) is 0 Å². The molecule has 0 aliphatic rings. The third kappa shape index (κ3) is 4.46. The molecule has 1 amide bonds. The smallest absolute Gasteiger partial charge is 0.326 e. The van der Waals surface area contributed by atoms with Gasteiger partial charge < -0.3 is 19.5 Å². The van der Waals surface area contributed by atoms with Crippen molar-refractivity contribution in [2.45, 2.75) is 19.4 Å². The molecule has 110 valence electrons. The molecule has 0 heterocycles. The topological polar surface area (TPSA) is 76.1 Å². The van der Waals surface area contributed by atoms with Crippen LogP contribution in [0.5, 0.6) is 11.5 Å². The number of benzene rings is 1. The molecular weight excluding hydrogens is 262 g/mol.